The first kappa shape index (κ1) is 22.4. The van der Waals surface area contributed by atoms with Gasteiger partial charge in [-0.2, -0.15) is 0 Å². The molecule has 0 saturated heterocycles. The lowest BCUT2D eigenvalue weighted by Crippen LogP contribution is -2.42. The highest BCUT2D eigenvalue weighted by atomic mass is 16.4. The van der Waals surface area contributed by atoms with Crippen molar-refractivity contribution < 1.29 is 19.3 Å². The van der Waals surface area contributed by atoms with Crippen molar-refractivity contribution in [1.82, 2.24) is 10.9 Å². The predicted octanol–water partition coefficient (Wildman–Crippen LogP) is 3.46. The Balaban J connectivity index is 2.25. The molecule has 1 aromatic carbocycles. The first-order chi connectivity index (χ1) is 13.3. The van der Waals surface area contributed by atoms with E-state index in [0.717, 1.165) is 5.56 Å². The van der Waals surface area contributed by atoms with E-state index >= 15 is 0 Å². The quantitative estimate of drug-likeness (QED) is 0.545. The van der Waals surface area contributed by atoms with E-state index in [2.05, 4.69) is 65.2 Å². The molecule has 2 amide bonds. The van der Waals surface area contributed by atoms with E-state index in [1.54, 1.807) is 0 Å². The van der Waals surface area contributed by atoms with Crippen LogP contribution in [0.25, 0.3) is 0 Å². The fourth-order valence-corrected chi connectivity index (χ4v) is 2.99. The van der Waals surface area contributed by atoms with Crippen molar-refractivity contribution >= 4 is 12.0 Å². The molecule has 6 heteroatoms. The minimum Gasteiger partial charge on any atom is -0.464 e. The van der Waals surface area contributed by atoms with E-state index in [0.29, 0.717) is 6.54 Å². The normalized spacial score (nSPS) is 11.8. The third kappa shape index (κ3) is 6.89. The van der Waals surface area contributed by atoms with Crippen LogP contribution in [-0.4, -0.2) is 17.1 Å². The Bertz CT molecular complexity index is 861. The zero-order valence-corrected chi connectivity index (χ0v) is 18.2. The SMILES string of the molecule is CC(C)(C)c1cc(C[n+]2cccc(CC(=O)NNC(=O)O)c2)cc(C(C)(C)C)c1. The summed E-state index contributed by atoms with van der Waals surface area (Å²) >= 11 is 0. The van der Waals surface area contributed by atoms with Crippen LogP contribution in [0.1, 0.15) is 63.8 Å². The van der Waals surface area contributed by atoms with Crippen LogP contribution in [0.15, 0.2) is 42.7 Å². The number of nitrogens with one attached hydrogen (secondary N) is 2. The Morgan fingerprint density at radius 1 is 0.931 bits per heavy atom. The van der Waals surface area contributed by atoms with Crippen LogP contribution >= 0.6 is 0 Å². The smallest absolute Gasteiger partial charge is 0.423 e. The Labute approximate surface area is 172 Å². The Kier molecular flexibility index (Phi) is 6.67. The topological polar surface area (TPSA) is 82.3 Å². The summed E-state index contributed by atoms with van der Waals surface area (Å²) in [6.07, 6.45) is 2.68. The lowest BCUT2D eigenvalue weighted by molar-refractivity contribution is -0.688. The predicted molar refractivity (Wildman–Crippen MR) is 113 cm³/mol. The maximum absolute atomic E-state index is 11.9. The molecule has 1 heterocycles. The minimum absolute atomic E-state index is 0.0533. The molecule has 6 nitrogen and oxygen atoms in total. The van der Waals surface area contributed by atoms with E-state index in [9.17, 15) is 9.59 Å². The van der Waals surface area contributed by atoms with E-state index < -0.39 is 12.0 Å². The number of carbonyl (C=O) groups is 2. The summed E-state index contributed by atoms with van der Waals surface area (Å²) in [5.41, 5.74) is 8.75. The zero-order valence-electron chi connectivity index (χ0n) is 18.2. The number of hydrogen-bond acceptors (Lipinski definition) is 2. The van der Waals surface area contributed by atoms with Crippen LogP contribution in [0.3, 0.4) is 0 Å². The molecule has 0 aliphatic carbocycles. The maximum atomic E-state index is 11.9. The highest BCUT2D eigenvalue weighted by Gasteiger charge is 2.21. The summed E-state index contributed by atoms with van der Waals surface area (Å²) in [5, 5.41) is 8.57. The second-order valence-corrected chi connectivity index (χ2v) is 9.46. The van der Waals surface area contributed by atoms with E-state index in [1.165, 1.54) is 16.7 Å². The number of benzene rings is 1. The van der Waals surface area contributed by atoms with Gasteiger partial charge in [0.1, 0.15) is 0 Å². The molecular formula is C23H32N3O3+. The second kappa shape index (κ2) is 8.64. The van der Waals surface area contributed by atoms with Crippen molar-refractivity contribution in [1.29, 1.82) is 0 Å². The average molecular weight is 399 g/mol. The van der Waals surface area contributed by atoms with Crippen LogP contribution in [0.2, 0.25) is 0 Å². The van der Waals surface area contributed by atoms with Gasteiger partial charge < -0.3 is 5.11 Å². The third-order valence-electron chi connectivity index (χ3n) is 4.68. The summed E-state index contributed by atoms with van der Waals surface area (Å²) in [6.45, 7) is 14.0. The summed E-state index contributed by atoms with van der Waals surface area (Å²) in [6, 6.07) is 10.5. The number of nitrogens with zero attached hydrogens (tertiary/aromatic N) is 1. The molecule has 0 saturated carbocycles. The number of aromatic nitrogens is 1. The lowest BCUT2D eigenvalue weighted by Gasteiger charge is -2.25. The van der Waals surface area contributed by atoms with Gasteiger partial charge in [0.15, 0.2) is 18.9 Å². The molecule has 0 atom stereocenters. The van der Waals surface area contributed by atoms with Gasteiger partial charge in [-0.25, -0.2) is 14.8 Å². The van der Waals surface area contributed by atoms with Crippen LogP contribution in [0, 0.1) is 0 Å². The molecule has 2 rings (SSSR count). The Morgan fingerprint density at radius 2 is 1.52 bits per heavy atom. The largest absolute Gasteiger partial charge is 0.464 e. The van der Waals surface area contributed by atoms with Gasteiger partial charge in [0, 0.05) is 17.2 Å². The van der Waals surface area contributed by atoms with Gasteiger partial charge in [-0.05, 0) is 40.2 Å². The maximum Gasteiger partial charge on any atom is 0.423 e. The fourth-order valence-electron chi connectivity index (χ4n) is 2.99. The van der Waals surface area contributed by atoms with E-state index in [-0.39, 0.29) is 17.3 Å². The first-order valence-corrected chi connectivity index (χ1v) is 9.75. The summed E-state index contributed by atoms with van der Waals surface area (Å²) < 4.78 is 2.04. The van der Waals surface area contributed by atoms with Gasteiger partial charge in [-0.15, -0.1) is 0 Å². The number of rotatable bonds is 4. The monoisotopic (exact) mass is 398 g/mol. The minimum atomic E-state index is -1.30. The Morgan fingerprint density at radius 3 is 2.03 bits per heavy atom. The van der Waals surface area contributed by atoms with Crippen LogP contribution in [0.5, 0.6) is 0 Å². The number of hydrogen-bond donors (Lipinski definition) is 3. The highest BCUT2D eigenvalue weighted by Crippen LogP contribution is 2.30. The molecule has 0 spiro atoms. The number of carboxylic acid groups (broad SMARTS) is 1. The fraction of sp³-hybridized carbons (Fsp3) is 0.435. The molecule has 0 unspecified atom stereocenters. The van der Waals surface area contributed by atoms with Gasteiger partial charge >= 0.3 is 6.09 Å². The van der Waals surface area contributed by atoms with Crippen LogP contribution in [0.4, 0.5) is 4.79 Å². The standard InChI is InChI=1S/C23H31N3O3/c1-22(2,3)18-10-17(11-19(13-18)23(4,5)6)15-26-9-7-8-16(14-26)12-20(27)24-25-21(28)29/h7-11,13-14,25H,12,15H2,1-6H3,(H-,24,27,28,29)/p+1. The van der Waals surface area contributed by atoms with Crippen molar-refractivity contribution in [3.63, 3.8) is 0 Å². The second-order valence-electron chi connectivity index (χ2n) is 9.46. The van der Waals surface area contributed by atoms with Crippen molar-refractivity contribution in [3.8, 4) is 0 Å². The number of pyridine rings is 1. The van der Waals surface area contributed by atoms with Crippen molar-refractivity contribution in [2.45, 2.75) is 65.3 Å². The molecule has 3 N–H and O–H groups in total. The van der Waals surface area contributed by atoms with Gasteiger partial charge in [0.2, 0.25) is 5.91 Å². The van der Waals surface area contributed by atoms with Crippen molar-refractivity contribution in [2.24, 2.45) is 0 Å². The van der Waals surface area contributed by atoms with Crippen molar-refractivity contribution in [3.05, 3.63) is 65.0 Å². The third-order valence-corrected chi connectivity index (χ3v) is 4.68. The van der Waals surface area contributed by atoms with Gasteiger partial charge in [0.25, 0.3) is 0 Å². The van der Waals surface area contributed by atoms with Gasteiger partial charge in [-0.3, -0.25) is 10.2 Å². The average Bonchev–Trinajstić information content (AvgIpc) is 2.58. The lowest BCUT2D eigenvalue weighted by atomic mass is 9.79. The molecule has 0 aliphatic heterocycles. The number of carbonyl (C=O) groups excluding carboxylic acids is 1. The van der Waals surface area contributed by atoms with Crippen molar-refractivity contribution in [2.75, 3.05) is 0 Å². The van der Waals surface area contributed by atoms with Crippen LogP contribution in [-0.2, 0) is 28.6 Å². The van der Waals surface area contributed by atoms with Crippen LogP contribution < -0.4 is 15.4 Å². The van der Waals surface area contributed by atoms with Gasteiger partial charge in [-0.1, -0.05) is 47.6 Å². The summed E-state index contributed by atoms with van der Waals surface area (Å²) in [4.78, 5) is 22.3. The van der Waals surface area contributed by atoms with Gasteiger partial charge in [0.05, 0.1) is 6.42 Å². The number of amides is 2. The molecule has 0 fully saturated rings. The highest BCUT2D eigenvalue weighted by molar-refractivity contribution is 5.80. The molecule has 156 valence electrons. The summed E-state index contributed by atoms with van der Waals surface area (Å²) in [5.74, 6) is -0.408. The molecule has 0 aliphatic rings. The zero-order chi connectivity index (χ0) is 21.8. The molecule has 0 radical (unpaired) electrons. The molecule has 2 aromatic rings. The molecule has 1 aromatic heterocycles. The summed E-state index contributed by atoms with van der Waals surface area (Å²) in [7, 11) is 0. The van der Waals surface area contributed by atoms with E-state index in [4.69, 9.17) is 5.11 Å². The molecule has 0 bridgehead atoms. The molecular weight excluding hydrogens is 366 g/mol. The first-order valence-electron chi connectivity index (χ1n) is 9.75. The van der Waals surface area contributed by atoms with E-state index in [1.807, 2.05) is 34.5 Å². The number of hydrazine groups is 1. The molecule has 29 heavy (non-hydrogen) atoms. The Hall–Kier alpha value is -2.89.